The topological polar surface area (TPSA) is 26.3 Å². The van der Waals surface area contributed by atoms with E-state index in [2.05, 4.69) is 13.8 Å². The Morgan fingerprint density at radius 3 is 1.84 bits per heavy atom. The molecule has 1 aromatic rings. The Kier molecular flexibility index (Phi) is 3.12. The molecule has 0 unspecified atom stereocenters. The molecule has 0 aromatic heterocycles. The minimum Gasteiger partial charge on any atom is -0.465 e. The van der Waals surface area contributed by atoms with Crippen molar-refractivity contribution in [3.05, 3.63) is 33.4 Å². The fraction of sp³-hybridized carbons (Fsp3) is 0.588. The summed E-state index contributed by atoms with van der Waals surface area (Å²) in [5.41, 5.74) is 8.01. The van der Waals surface area contributed by atoms with Gasteiger partial charge in [0.2, 0.25) is 0 Å². The van der Waals surface area contributed by atoms with Crippen molar-refractivity contribution in [1.82, 2.24) is 0 Å². The van der Waals surface area contributed by atoms with Crippen LogP contribution >= 0.6 is 0 Å². The highest BCUT2D eigenvalue weighted by Gasteiger charge is 2.32. The summed E-state index contributed by atoms with van der Waals surface area (Å²) in [7, 11) is 1.50. The van der Waals surface area contributed by atoms with Crippen molar-refractivity contribution in [2.24, 2.45) is 0 Å². The summed E-state index contributed by atoms with van der Waals surface area (Å²) in [6, 6.07) is 0. The van der Waals surface area contributed by atoms with E-state index in [4.69, 9.17) is 4.74 Å². The quantitative estimate of drug-likeness (QED) is 0.758. The van der Waals surface area contributed by atoms with Crippen molar-refractivity contribution in [2.75, 3.05) is 7.11 Å². The van der Waals surface area contributed by atoms with E-state index in [-0.39, 0.29) is 5.97 Å². The number of methoxy groups -OCH3 is 1. The molecule has 0 heterocycles. The molecule has 0 atom stereocenters. The summed E-state index contributed by atoms with van der Waals surface area (Å²) < 4.78 is 5.05. The molecule has 0 saturated carbocycles. The van der Waals surface area contributed by atoms with E-state index in [1.165, 1.54) is 42.2 Å². The van der Waals surface area contributed by atoms with Crippen molar-refractivity contribution >= 4 is 5.97 Å². The number of carbonyl (C=O) groups excluding carboxylic acids is 1. The molecular weight excluding hydrogens is 236 g/mol. The summed E-state index contributed by atoms with van der Waals surface area (Å²) in [5.74, 6) is 0.442. The fourth-order valence-corrected chi connectivity index (χ4v) is 4.04. The van der Waals surface area contributed by atoms with Gasteiger partial charge < -0.3 is 4.74 Å². The molecule has 0 radical (unpaired) electrons. The zero-order valence-electron chi connectivity index (χ0n) is 12.1. The molecule has 0 N–H and O–H groups in total. The third-order valence-corrected chi connectivity index (χ3v) is 4.66. The second-order valence-corrected chi connectivity index (χ2v) is 6.06. The Hall–Kier alpha value is -1.31. The SMILES string of the molecule is COC(=O)c1c2c(c(C(C)C)c3c1CCC3)CCC2. The molecule has 2 heteroatoms. The first-order chi connectivity index (χ1) is 9.15. The fourth-order valence-electron chi connectivity index (χ4n) is 4.04. The maximum atomic E-state index is 12.2. The Labute approximate surface area is 115 Å². The first-order valence-electron chi connectivity index (χ1n) is 7.42. The van der Waals surface area contributed by atoms with Crippen LogP contribution in [0.2, 0.25) is 0 Å². The Morgan fingerprint density at radius 2 is 1.42 bits per heavy atom. The molecule has 0 spiro atoms. The van der Waals surface area contributed by atoms with Gasteiger partial charge in [0.25, 0.3) is 0 Å². The van der Waals surface area contributed by atoms with Crippen LogP contribution in [-0.2, 0) is 30.4 Å². The number of carbonyl (C=O) groups is 1. The van der Waals surface area contributed by atoms with Crippen LogP contribution in [0, 0.1) is 0 Å². The third-order valence-electron chi connectivity index (χ3n) is 4.66. The number of ether oxygens (including phenoxy) is 1. The molecule has 19 heavy (non-hydrogen) atoms. The number of benzene rings is 1. The van der Waals surface area contributed by atoms with E-state index in [9.17, 15) is 4.79 Å². The lowest BCUT2D eigenvalue weighted by atomic mass is 9.84. The van der Waals surface area contributed by atoms with E-state index in [1.807, 2.05) is 0 Å². The lowest BCUT2D eigenvalue weighted by molar-refractivity contribution is 0.0598. The minimum atomic E-state index is -0.119. The predicted molar refractivity (Wildman–Crippen MR) is 75.9 cm³/mol. The van der Waals surface area contributed by atoms with E-state index in [0.29, 0.717) is 5.92 Å². The van der Waals surface area contributed by atoms with E-state index in [1.54, 1.807) is 5.56 Å². The molecule has 0 fully saturated rings. The molecule has 1 aromatic carbocycles. The van der Waals surface area contributed by atoms with E-state index < -0.39 is 0 Å². The average molecular weight is 258 g/mol. The summed E-state index contributed by atoms with van der Waals surface area (Å²) in [4.78, 5) is 12.2. The molecule has 0 bridgehead atoms. The van der Waals surface area contributed by atoms with Crippen LogP contribution < -0.4 is 0 Å². The van der Waals surface area contributed by atoms with Crippen molar-refractivity contribution in [2.45, 2.75) is 58.3 Å². The first-order valence-corrected chi connectivity index (χ1v) is 7.42. The number of hydrogen-bond acceptors (Lipinski definition) is 2. The molecule has 0 aliphatic heterocycles. The highest BCUT2D eigenvalue weighted by Crippen LogP contribution is 2.41. The van der Waals surface area contributed by atoms with Gasteiger partial charge >= 0.3 is 5.97 Å². The number of rotatable bonds is 2. The van der Waals surface area contributed by atoms with Crippen LogP contribution in [0.25, 0.3) is 0 Å². The lowest BCUT2D eigenvalue weighted by Gasteiger charge is -2.21. The molecular formula is C17H22O2. The maximum absolute atomic E-state index is 12.2. The summed E-state index contributed by atoms with van der Waals surface area (Å²) in [5, 5.41) is 0. The predicted octanol–water partition coefficient (Wildman–Crippen LogP) is 3.57. The number of hydrogen-bond donors (Lipinski definition) is 0. The van der Waals surface area contributed by atoms with E-state index >= 15 is 0 Å². The van der Waals surface area contributed by atoms with Crippen LogP contribution in [0.4, 0.5) is 0 Å². The highest BCUT2D eigenvalue weighted by molar-refractivity contribution is 5.94. The molecule has 2 aliphatic carbocycles. The Bertz CT molecular complexity index is 506. The number of esters is 1. The summed E-state index contributed by atoms with van der Waals surface area (Å²) in [6.07, 6.45) is 6.74. The van der Waals surface area contributed by atoms with Gasteiger partial charge in [0.15, 0.2) is 0 Å². The van der Waals surface area contributed by atoms with Gasteiger partial charge in [-0.1, -0.05) is 13.8 Å². The molecule has 0 amide bonds. The van der Waals surface area contributed by atoms with Crippen LogP contribution in [0.3, 0.4) is 0 Å². The second-order valence-electron chi connectivity index (χ2n) is 6.06. The molecule has 0 saturated heterocycles. The monoisotopic (exact) mass is 258 g/mol. The van der Waals surface area contributed by atoms with Crippen molar-refractivity contribution in [3.63, 3.8) is 0 Å². The van der Waals surface area contributed by atoms with Crippen molar-refractivity contribution in [1.29, 1.82) is 0 Å². The van der Waals surface area contributed by atoms with Crippen LogP contribution in [0.1, 0.15) is 70.8 Å². The summed E-state index contributed by atoms with van der Waals surface area (Å²) >= 11 is 0. The van der Waals surface area contributed by atoms with Gasteiger partial charge in [0, 0.05) is 0 Å². The largest absolute Gasteiger partial charge is 0.465 e. The van der Waals surface area contributed by atoms with Gasteiger partial charge in [-0.25, -0.2) is 4.79 Å². The zero-order valence-corrected chi connectivity index (χ0v) is 12.1. The smallest absolute Gasteiger partial charge is 0.338 e. The third kappa shape index (κ3) is 1.80. The van der Waals surface area contributed by atoms with Crippen LogP contribution in [0.15, 0.2) is 0 Å². The number of fused-ring (bicyclic) bond motifs is 2. The van der Waals surface area contributed by atoms with Crippen molar-refractivity contribution < 1.29 is 9.53 Å². The van der Waals surface area contributed by atoms with Crippen LogP contribution in [0.5, 0.6) is 0 Å². The average Bonchev–Trinajstić information content (AvgIpc) is 3.02. The molecule has 2 nitrogen and oxygen atoms in total. The van der Waals surface area contributed by atoms with E-state index in [0.717, 1.165) is 31.2 Å². The first kappa shape index (κ1) is 12.7. The molecule has 102 valence electrons. The lowest BCUT2D eigenvalue weighted by Crippen LogP contribution is -2.13. The van der Waals surface area contributed by atoms with Gasteiger partial charge in [0.05, 0.1) is 12.7 Å². The normalized spacial score (nSPS) is 16.6. The van der Waals surface area contributed by atoms with Crippen molar-refractivity contribution in [3.8, 4) is 0 Å². The van der Waals surface area contributed by atoms with Gasteiger partial charge in [-0.3, -0.25) is 0 Å². The molecule has 3 rings (SSSR count). The minimum absolute atomic E-state index is 0.119. The van der Waals surface area contributed by atoms with Gasteiger partial charge in [-0.15, -0.1) is 0 Å². The Balaban J connectivity index is 2.31. The highest BCUT2D eigenvalue weighted by atomic mass is 16.5. The summed E-state index contributed by atoms with van der Waals surface area (Å²) in [6.45, 7) is 4.56. The van der Waals surface area contributed by atoms with Crippen LogP contribution in [-0.4, -0.2) is 13.1 Å². The zero-order chi connectivity index (χ0) is 13.6. The molecule has 2 aliphatic rings. The Morgan fingerprint density at radius 1 is 0.947 bits per heavy atom. The van der Waals surface area contributed by atoms with Gasteiger partial charge in [-0.2, -0.15) is 0 Å². The van der Waals surface area contributed by atoms with Gasteiger partial charge in [-0.05, 0) is 72.3 Å². The standard InChI is InChI=1S/C17H22O2/c1-10(2)15-11-6-4-8-13(11)16(17(18)19-3)14-9-5-7-12(14)15/h10H,4-9H2,1-3H3. The van der Waals surface area contributed by atoms with Gasteiger partial charge in [0.1, 0.15) is 0 Å². The second kappa shape index (κ2) is 4.66. The maximum Gasteiger partial charge on any atom is 0.338 e.